The average Bonchev–Trinajstić information content (AvgIpc) is 2.32. The van der Waals surface area contributed by atoms with Gasteiger partial charge in [0.15, 0.2) is 0 Å². The molecule has 0 amide bonds. The molecule has 0 rings (SSSR count). The molecule has 17 heavy (non-hydrogen) atoms. The molecule has 0 bridgehead atoms. The molecule has 0 saturated carbocycles. The van der Waals surface area contributed by atoms with Crippen LogP contribution in [0.4, 0.5) is 0 Å². The SMILES string of the molecule is CCN(CCC#N)CC(O)COC(C)COC. The lowest BCUT2D eigenvalue weighted by Crippen LogP contribution is -2.36. The van der Waals surface area contributed by atoms with Gasteiger partial charge in [0.25, 0.3) is 0 Å². The Morgan fingerprint density at radius 1 is 1.41 bits per heavy atom. The second kappa shape index (κ2) is 10.5. The number of hydrogen-bond acceptors (Lipinski definition) is 5. The third-order valence-electron chi connectivity index (χ3n) is 2.43. The van der Waals surface area contributed by atoms with E-state index >= 15 is 0 Å². The third-order valence-corrected chi connectivity index (χ3v) is 2.43. The van der Waals surface area contributed by atoms with E-state index in [1.54, 1.807) is 7.11 Å². The standard InChI is InChI=1S/C12H24N2O3/c1-4-14(7-5-6-13)8-12(15)10-17-11(2)9-16-3/h11-12,15H,4-5,7-10H2,1-3H3. The van der Waals surface area contributed by atoms with Crippen LogP contribution in [-0.2, 0) is 9.47 Å². The molecule has 2 unspecified atom stereocenters. The first-order chi connectivity index (χ1) is 8.13. The fourth-order valence-electron chi connectivity index (χ4n) is 1.50. The highest BCUT2D eigenvalue weighted by Crippen LogP contribution is 1.98. The van der Waals surface area contributed by atoms with Gasteiger partial charge in [-0.2, -0.15) is 5.26 Å². The van der Waals surface area contributed by atoms with Crippen LogP contribution in [0.3, 0.4) is 0 Å². The molecule has 0 aromatic heterocycles. The average molecular weight is 244 g/mol. The van der Waals surface area contributed by atoms with E-state index < -0.39 is 6.10 Å². The zero-order valence-corrected chi connectivity index (χ0v) is 11.1. The first-order valence-corrected chi connectivity index (χ1v) is 6.01. The topological polar surface area (TPSA) is 65.7 Å². The predicted molar refractivity (Wildman–Crippen MR) is 65.6 cm³/mol. The normalized spacial score (nSPS) is 14.6. The first kappa shape index (κ1) is 16.3. The van der Waals surface area contributed by atoms with Crippen LogP contribution in [0, 0.1) is 11.3 Å². The minimum Gasteiger partial charge on any atom is -0.389 e. The molecule has 0 heterocycles. The maximum Gasteiger partial charge on any atom is 0.0900 e. The summed E-state index contributed by atoms with van der Waals surface area (Å²) in [5, 5.41) is 18.3. The van der Waals surface area contributed by atoms with E-state index in [0.29, 0.717) is 32.7 Å². The maximum atomic E-state index is 9.78. The van der Waals surface area contributed by atoms with E-state index in [2.05, 4.69) is 6.07 Å². The van der Waals surface area contributed by atoms with Crippen LogP contribution < -0.4 is 0 Å². The van der Waals surface area contributed by atoms with E-state index in [1.807, 2.05) is 18.7 Å². The molecule has 5 nitrogen and oxygen atoms in total. The van der Waals surface area contributed by atoms with E-state index in [0.717, 1.165) is 6.54 Å². The fraction of sp³-hybridized carbons (Fsp3) is 0.917. The van der Waals surface area contributed by atoms with Gasteiger partial charge in [-0.1, -0.05) is 6.92 Å². The van der Waals surface area contributed by atoms with Crippen molar-refractivity contribution in [2.75, 3.05) is 40.0 Å². The summed E-state index contributed by atoms with van der Waals surface area (Å²) >= 11 is 0. The number of nitriles is 1. The molecule has 0 aromatic rings. The second-order valence-electron chi connectivity index (χ2n) is 4.05. The summed E-state index contributed by atoms with van der Waals surface area (Å²) in [6.45, 7) is 6.80. The predicted octanol–water partition coefficient (Wildman–Crippen LogP) is 0.634. The molecule has 100 valence electrons. The van der Waals surface area contributed by atoms with Gasteiger partial charge in [-0.15, -0.1) is 0 Å². The number of hydrogen-bond donors (Lipinski definition) is 1. The third kappa shape index (κ3) is 9.07. The lowest BCUT2D eigenvalue weighted by molar-refractivity contribution is -0.0392. The van der Waals surface area contributed by atoms with Gasteiger partial charge in [0.05, 0.1) is 31.5 Å². The zero-order valence-electron chi connectivity index (χ0n) is 11.1. The van der Waals surface area contributed by atoms with Gasteiger partial charge in [0, 0.05) is 26.6 Å². The van der Waals surface area contributed by atoms with Crippen molar-refractivity contribution < 1.29 is 14.6 Å². The summed E-state index contributed by atoms with van der Waals surface area (Å²) in [5.41, 5.74) is 0. The largest absolute Gasteiger partial charge is 0.389 e. The summed E-state index contributed by atoms with van der Waals surface area (Å²) in [4.78, 5) is 2.04. The Morgan fingerprint density at radius 2 is 2.12 bits per heavy atom. The number of nitrogens with zero attached hydrogens (tertiary/aromatic N) is 2. The Kier molecular flexibility index (Phi) is 10.1. The van der Waals surface area contributed by atoms with E-state index in [-0.39, 0.29) is 6.10 Å². The Hall–Kier alpha value is -0.670. The van der Waals surface area contributed by atoms with Gasteiger partial charge in [-0.3, -0.25) is 4.90 Å². The van der Waals surface area contributed by atoms with Crippen molar-refractivity contribution in [1.82, 2.24) is 4.90 Å². The number of aliphatic hydroxyl groups excluding tert-OH is 1. The van der Waals surface area contributed by atoms with Crippen molar-refractivity contribution in [3.8, 4) is 6.07 Å². The molecular weight excluding hydrogens is 220 g/mol. The minimum atomic E-state index is -0.520. The van der Waals surface area contributed by atoms with Crippen molar-refractivity contribution in [3.05, 3.63) is 0 Å². The highest BCUT2D eigenvalue weighted by Gasteiger charge is 2.12. The van der Waals surface area contributed by atoms with Gasteiger partial charge in [0.1, 0.15) is 0 Å². The van der Waals surface area contributed by atoms with E-state index in [4.69, 9.17) is 14.7 Å². The highest BCUT2D eigenvalue weighted by atomic mass is 16.5. The molecular formula is C12H24N2O3. The summed E-state index contributed by atoms with van der Waals surface area (Å²) < 4.78 is 10.4. The van der Waals surface area contributed by atoms with Gasteiger partial charge >= 0.3 is 0 Å². The number of likely N-dealkylation sites (N-methyl/N-ethyl adjacent to an activating group) is 1. The van der Waals surface area contributed by atoms with Crippen molar-refractivity contribution in [2.24, 2.45) is 0 Å². The molecule has 1 N–H and O–H groups in total. The second-order valence-corrected chi connectivity index (χ2v) is 4.05. The number of rotatable bonds is 10. The molecule has 2 atom stereocenters. The Balaban J connectivity index is 3.74. The summed E-state index contributed by atoms with van der Waals surface area (Å²) in [5.74, 6) is 0. The van der Waals surface area contributed by atoms with Gasteiger partial charge < -0.3 is 14.6 Å². The number of ether oxygens (including phenoxy) is 2. The molecule has 0 aromatic carbocycles. The lowest BCUT2D eigenvalue weighted by Gasteiger charge is -2.23. The summed E-state index contributed by atoms with van der Waals surface area (Å²) in [6.07, 6.45) is -0.0432. The van der Waals surface area contributed by atoms with Gasteiger partial charge in [-0.05, 0) is 13.5 Å². The van der Waals surface area contributed by atoms with Crippen molar-refractivity contribution in [1.29, 1.82) is 5.26 Å². The minimum absolute atomic E-state index is 0.0103. The Morgan fingerprint density at radius 3 is 2.65 bits per heavy atom. The molecule has 0 fully saturated rings. The molecule has 5 heteroatoms. The van der Waals surface area contributed by atoms with E-state index in [9.17, 15) is 5.11 Å². The number of aliphatic hydroxyl groups is 1. The van der Waals surface area contributed by atoms with Crippen LogP contribution in [-0.4, -0.2) is 62.2 Å². The Bertz CT molecular complexity index is 218. The van der Waals surface area contributed by atoms with Crippen LogP contribution in [0.15, 0.2) is 0 Å². The maximum absolute atomic E-state index is 9.78. The summed E-state index contributed by atoms with van der Waals surface area (Å²) in [7, 11) is 1.62. The molecule has 0 radical (unpaired) electrons. The van der Waals surface area contributed by atoms with Crippen molar-refractivity contribution >= 4 is 0 Å². The molecule has 0 saturated heterocycles. The van der Waals surface area contributed by atoms with Crippen LogP contribution in [0.5, 0.6) is 0 Å². The molecule has 0 aliphatic carbocycles. The van der Waals surface area contributed by atoms with Crippen LogP contribution in [0.25, 0.3) is 0 Å². The molecule has 0 aliphatic heterocycles. The van der Waals surface area contributed by atoms with Crippen LogP contribution in [0.2, 0.25) is 0 Å². The molecule has 0 aliphatic rings. The summed E-state index contributed by atoms with van der Waals surface area (Å²) in [6, 6.07) is 2.10. The zero-order chi connectivity index (χ0) is 13.1. The monoisotopic (exact) mass is 244 g/mol. The van der Waals surface area contributed by atoms with Gasteiger partial charge in [-0.25, -0.2) is 0 Å². The quantitative estimate of drug-likeness (QED) is 0.610. The number of methoxy groups -OCH3 is 1. The smallest absolute Gasteiger partial charge is 0.0900 e. The molecule has 0 spiro atoms. The highest BCUT2D eigenvalue weighted by molar-refractivity contribution is 4.73. The van der Waals surface area contributed by atoms with Crippen LogP contribution >= 0.6 is 0 Å². The van der Waals surface area contributed by atoms with Crippen LogP contribution in [0.1, 0.15) is 20.3 Å². The Labute approximate surface area is 104 Å². The first-order valence-electron chi connectivity index (χ1n) is 6.01. The van der Waals surface area contributed by atoms with Crippen molar-refractivity contribution in [2.45, 2.75) is 32.5 Å². The van der Waals surface area contributed by atoms with E-state index in [1.165, 1.54) is 0 Å². The fourth-order valence-corrected chi connectivity index (χ4v) is 1.50. The van der Waals surface area contributed by atoms with Crippen molar-refractivity contribution in [3.63, 3.8) is 0 Å². The van der Waals surface area contributed by atoms with Gasteiger partial charge in [0.2, 0.25) is 0 Å². The lowest BCUT2D eigenvalue weighted by atomic mass is 10.3.